The summed E-state index contributed by atoms with van der Waals surface area (Å²) >= 11 is 1.83. The first-order valence-corrected chi connectivity index (χ1v) is 12.4. The fourth-order valence-corrected chi connectivity index (χ4v) is 5.20. The summed E-state index contributed by atoms with van der Waals surface area (Å²) in [6, 6.07) is 8.66. The van der Waals surface area contributed by atoms with E-state index in [4.69, 9.17) is 0 Å². The van der Waals surface area contributed by atoms with Gasteiger partial charge in [-0.05, 0) is 54.8 Å². The highest BCUT2D eigenvalue weighted by Crippen LogP contribution is 2.38. The Labute approximate surface area is 208 Å². The summed E-state index contributed by atoms with van der Waals surface area (Å²) < 4.78 is 0. The van der Waals surface area contributed by atoms with Crippen molar-refractivity contribution in [3.63, 3.8) is 0 Å². The molecule has 0 spiro atoms. The zero-order valence-corrected chi connectivity index (χ0v) is 21.1. The minimum atomic E-state index is 0.508. The number of nitrogens with zero attached hydrogens (tertiary/aromatic N) is 3. The number of allylic oxidation sites excluding steroid dienone is 4. The van der Waals surface area contributed by atoms with Gasteiger partial charge in [-0.25, -0.2) is 0 Å². The molecule has 0 saturated carbocycles. The first-order valence-electron chi connectivity index (χ1n) is 11.6. The lowest BCUT2D eigenvalue weighted by Crippen LogP contribution is -2.03. The van der Waals surface area contributed by atoms with E-state index in [0.717, 1.165) is 55.7 Å². The van der Waals surface area contributed by atoms with Crippen molar-refractivity contribution in [3.8, 4) is 21.8 Å². The number of likely N-dealkylation sites (N-methyl/N-ethyl adjacent to an activating group) is 1. The Morgan fingerprint density at radius 1 is 1.11 bits per heavy atom. The predicted molar refractivity (Wildman–Crippen MR) is 147 cm³/mol. The van der Waals surface area contributed by atoms with Crippen LogP contribution in [0.5, 0.6) is 0 Å². The third-order valence-corrected chi connectivity index (χ3v) is 7.55. The van der Waals surface area contributed by atoms with Crippen molar-refractivity contribution in [3.05, 3.63) is 83.9 Å². The summed E-state index contributed by atoms with van der Waals surface area (Å²) in [5.41, 5.74) is 7.61. The highest BCUT2D eigenvalue weighted by molar-refractivity contribution is 7.15. The van der Waals surface area contributed by atoms with Gasteiger partial charge in [0.25, 0.3) is 0 Å². The predicted octanol–water partition coefficient (Wildman–Crippen LogP) is 7.05. The molecular weight excluding hydrogens is 452 g/mol. The number of hydrogen-bond acceptors (Lipinski definition) is 5. The first kappa shape index (κ1) is 22.8. The molecule has 5 aromatic heterocycles. The summed E-state index contributed by atoms with van der Waals surface area (Å²) in [7, 11) is 1.88. The molecule has 0 saturated heterocycles. The van der Waals surface area contributed by atoms with Gasteiger partial charge in [0.1, 0.15) is 5.69 Å². The van der Waals surface area contributed by atoms with Gasteiger partial charge in [-0.2, -0.15) is 5.10 Å². The fourth-order valence-electron chi connectivity index (χ4n) is 4.17. The molecule has 0 fully saturated rings. The molecule has 0 aliphatic rings. The van der Waals surface area contributed by atoms with Crippen LogP contribution >= 0.6 is 11.3 Å². The van der Waals surface area contributed by atoms with Gasteiger partial charge in [-0.15, -0.1) is 11.3 Å². The van der Waals surface area contributed by atoms with Crippen LogP contribution in [0.15, 0.2) is 73.4 Å². The molecular formula is C28H28N6S. The molecule has 6 nitrogen and oxygen atoms in total. The van der Waals surface area contributed by atoms with E-state index in [1.54, 1.807) is 6.08 Å². The van der Waals surface area contributed by atoms with E-state index < -0.39 is 0 Å². The maximum absolute atomic E-state index is 4.65. The van der Waals surface area contributed by atoms with E-state index in [0.29, 0.717) is 5.92 Å². The average molecular weight is 481 g/mol. The Kier molecular flexibility index (Phi) is 6.09. The van der Waals surface area contributed by atoms with Gasteiger partial charge in [0.15, 0.2) is 0 Å². The van der Waals surface area contributed by atoms with Gasteiger partial charge in [-0.1, -0.05) is 26.5 Å². The van der Waals surface area contributed by atoms with Gasteiger partial charge in [0.2, 0.25) is 0 Å². The van der Waals surface area contributed by atoms with Crippen LogP contribution in [0.2, 0.25) is 0 Å². The summed E-state index contributed by atoms with van der Waals surface area (Å²) in [4.78, 5) is 15.3. The average Bonchev–Trinajstić information content (AvgIpc) is 3.62. The number of H-pyrrole nitrogens is 2. The number of rotatable bonds is 7. The number of aromatic nitrogens is 5. The maximum Gasteiger partial charge on any atom is 0.116 e. The second-order valence-corrected chi connectivity index (χ2v) is 9.79. The molecule has 0 radical (unpaired) electrons. The lowest BCUT2D eigenvalue weighted by atomic mass is 10.1. The van der Waals surface area contributed by atoms with Gasteiger partial charge in [0, 0.05) is 45.0 Å². The molecule has 5 aromatic rings. The molecule has 176 valence electrons. The quantitative estimate of drug-likeness (QED) is 0.218. The molecule has 0 amide bonds. The third kappa shape index (κ3) is 4.19. The van der Waals surface area contributed by atoms with E-state index >= 15 is 0 Å². The largest absolute Gasteiger partial charge is 0.388 e. The number of pyridine rings is 2. The van der Waals surface area contributed by atoms with Crippen molar-refractivity contribution in [1.82, 2.24) is 30.5 Å². The van der Waals surface area contributed by atoms with Crippen molar-refractivity contribution < 1.29 is 0 Å². The Morgan fingerprint density at radius 2 is 1.97 bits per heavy atom. The molecule has 7 heteroatoms. The standard InChI is InChI=1S/C28H28N6S/c1-6-17(10-18(7-2)29-5)22-12-20-25(15-31-22)33-34-28(20)23-11-19-21(13-30-14-24(19)32-23)27-9-8-26(35-27)16(3)4/h6-16,29,32H,2H2,1,3-5H3,(H,33,34)/b17-6+,18-10+. The van der Waals surface area contributed by atoms with Crippen LogP contribution in [0.3, 0.4) is 0 Å². The second kappa shape index (κ2) is 9.35. The molecule has 5 rings (SSSR count). The van der Waals surface area contributed by atoms with E-state index in [-0.39, 0.29) is 0 Å². The molecule has 0 unspecified atom stereocenters. The van der Waals surface area contributed by atoms with Gasteiger partial charge < -0.3 is 10.3 Å². The Morgan fingerprint density at radius 3 is 2.69 bits per heavy atom. The summed E-state index contributed by atoms with van der Waals surface area (Å²) in [5, 5.41) is 13.1. The van der Waals surface area contributed by atoms with Crippen LogP contribution in [0, 0.1) is 0 Å². The number of fused-ring (bicyclic) bond motifs is 2. The van der Waals surface area contributed by atoms with Crippen LogP contribution in [-0.2, 0) is 0 Å². The second-order valence-electron chi connectivity index (χ2n) is 8.67. The molecule has 0 atom stereocenters. The number of hydrogen-bond donors (Lipinski definition) is 3. The zero-order valence-electron chi connectivity index (χ0n) is 20.3. The minimum Gasteiger partial charge on any atom is -0.388 e. The Hall–Kier alpha value is -3.97. The highest BCUT2D eigenvalue weighted by Gasteiger charge is 2.16. The molecule has 0 aliphatic heterocycles. The fraction of sp³-hybridized carbons (Fsp3) is 0.179. The first-order chi connectivity index (χ1) is 17.0. The van der Waals surface area contributed by atoms with Crippen LogP contribution < -0.4 is 5.32 Å². The van der Waals surface area contributed by atoms with E-state index in [2.05, 4.69) is 75.2 Å². The van der Waals surface area contributed by atoms with Crippen molar-refractivity contribution in [2.45, 2.75) is 26.7 Å². The van der Waals surface area contributed by atoms with Gasteiger partial charge in [-0.3, -0.25) is 15.1 Å². The lowest BCUT2D eigenvalue weighted by molar-refractivity contribution is 0.890. The van der Waals surface area contributed by atoms with Crippen molar-refractivity contribution in [1.29, 1.82) is 0 Å². The lowest BCUT2D eigenvalue weighted by Gasteiger charge is -2.05. The Balaban J connectivity index is 1.60. The van der Waals surface area contributed by atoms with E-state index in [1.165, 1.54) is 9.75 Å². The van der Waals surface area contributed by atoms with Gasteiger partial charge in [0.05, 0.1) is 34.8 Å². The monoisotopic (exact) mass is 480 g/mol. The SMILES string of the molecule is C=C/C(=C\C(=C/C)c1cc2c(-c3cc4c(-c5ccc(C(C)C)s5)cncc4[nH]3)n[nH]c2cn1)NC. The Bertz CT molecular complexity index is 1590. The third-order valence-electron chi connectivity index (χ3n) is 6.14. The maximum atomic E-state index is 4.65. The number of thiophene rings is 1. The van der Waals surface area contributed by atoms with E-state index in [1.807, 2.05) is 56.1 Å². The van der Waals surface area contributed by atoms with Gasteiger partial charge >= 0.3 is 0 Å². The molecule has 0 aliphatic carbocycles. The van der Waals surface area contributed by atoms with Crippen LogP contribution in [0.1, 0.15) is 37.3 Å². The molecule has 5 heterocycles. The molecule has 0 bridgehead atoms. The normalized spacial score (nSPS) is 12.7. The molecule has 35 heavy (non-hydrogen) atoms. The van der Waals surface area contributed by atoms with Crippen LogP contribution in [-0.4, -0.2) is 32.2 Å². The summed E-state index contributed by atoms with van der Waals surface area (Å²) in [6.07, 6.45) is 11.5. The molecule has 3 N–H and O–H groups in total. The zero-order chi connectivity index (χ0) is 24.5. The number of nitrogens with one attached hydrogen (secondary N) is 3. The smallest absolute Gasteiger partial charge is 0.116 e. The minimum absolute atomic E-state index is 0.508. The summed E-state index contributed by atoms with van der Waals surface area (Å²) in [5.74, 6) is 0.508. The molecule has 0 aromatic carbocycles. The van der Waals surface area contributed by atoms with E-state index in [9.17, 15) is 0 Å². The number of aromatic amines is 2. The topological polar surface area (TPSA) is 82.3 Å². The van der Waals surface area contributed by atoms with Crippen molar-refractivity contribution >= 4 is 38.7 Å². The summed E-state index contributed by atoms with van der Waals surface area (Å²) in [6.45, 7) is 10.3. The van der Waals surface area contributed by atoms with Crippen molar-refractivity contribution in [2.24, 2.45) is 0 Å². The van der Waals surface area contributed by atoms with Crippen molar-refractivity contribution in [2.75, 3.05) is 7.05 Å². The van der Waals surface area contributed by atoms with Crippen LogP contribution in [0.25, 0.3) is 49.2 Å². The van der Waals surface area contributed by atoms with Crippen LogP contribution in [0.4, 0.5) is 0 Å². The highest BCUT2D eigenvalue weighted by atomic mass is 32.1.